The van der Waals surface area contributed by atoms with Crippen LogP contribution in [0.5, 0.6) is 0 Å². The summed E-state index contributed by atoms with van der Waals surface area (Å²) in [5.74, 6) is -1.07. The van der Waals surface area contributed by atoms with Crippen molar-refractivity contribution in [1.29, 1.82) is 0 Å². The highest BCUT2D eigenvalue weighted by atomic mass is 32.2. The average molecular weight is 378 g/mol. The number of amides is 1. The van der Waals surface area contributed by atoms with Crippen LogP contribution in [0.1, 0.15) is 23.6 Å². The fourth-order valence-electron chi connectivity index (χ4n) is 3.03. The van der Waals surface area contributed by atoms with E-state index in [1.165, 1.54) is 25.1 Å². The molecule has 2 aromatic carbocycles. The van der Waals surface area contributed by atoms with Gasteiger partial charge in [0.1, 0.15) is 11.9 Å². The minimum atomic E-state index is -3.79. The van der Waals surface area contributed by atoms with Gasteiger partial charge in [0.05, 0.1) is 11.9 Å². The van der Waals surface area contributed by atoms with Gasteiger partial charge in [0.25, 0.3) is 0 Å². The summed E-state index contributed by atoms with van der Waals surface area (Å²) in [6.07, 6.45) is 0.990. The van der Waals surface area contributed by atoms with Gasteiger partial charge >= 0.3 is 0 Å². The molecule has 140 valence electrons. The second-order valence-electron chi connectivity index (χ2n) is 6.48. The Morgan fingerprint density at radius 2 is 1.69 bits per heavy atom. The fourth-order valence-corrected chi connectivity index (χ4v) is 4.19. The zero-order valence-corrected chi connectivity index (χ0v) is 16.3. The molecule has 1 amide bonds. The number of hydrogen-bond donors (Lipinski definition) is 1. The quantitative estimate of drug-likeness (QED) is 0.865. The van der Waals surface area contributed by atoms with Gasteiger partial charge in [-0.1, -0.05) is 23.8 Å². The molecule has 0 heterocycles. The molecule has 26 heavy (non-hydrogen) atoms. The van der Waals surface area contributed by atoms with Crippen LogP contribution in [0.15, 0.2) is 36.4 Å². The van der Waals surface area contributed by atoms with Crippen LogP contribution in [-0.2, 0) is 14.8 Å². The zero-order chi connectivity index (χ0) is 19.6. The van der Waals surface area contributed by atoms with Gasteiger partial charge in [-0.2, -0.15) is 0 Å². The summed E-state index contributed by atoms with van der Waals surface area (Å²) in [5, 5.41) is 2.80. The Balaban J connectivity index is 2.38. The molecule has 1 N–H and O–H groups in total. The highest BCUT2D eigenvalue weighted by Gasteiger charge is 2.29. The molecule has 0 aliphatic rings. The minimum absolute atomic E-state index is 0.104. The predicted molar refractivity (Wildman–Crippen MR) is 102 cm³/mol. The number of benzene rings is 2. The van der Waals surface area contributed by atoms with Gasteiger partial charge in [0.2, 0.25) is 15.9 Å². The number of nitrogens with zero attached hydrogens (tertiary/aromatic N) is 1. The smallest absolute Gasteiger partial charge is 0.248 e. The van der Waals surface area contributed by atoms with E-state index in [1.807, 2.05) is 32.9 Å². The predicted octanol–water partition coefficient (Wildman–Crippen LogP) is 3.54. The van der Waals surface area contributed by atoms with E-state index in [4.69, 9.17) is 0 Å². The van der Waals surface area contributed by atoms with Gasteiger partial charge in [0.15, 0.2) is 0 Å². The Morgan fingerprint density at radius 1 is 1.12 bits per heavy atom. The molecule has 5 nitrogen and oxygen atoms in total. The highest BCUT2D eigenvalue weighted by molar-refractivity contribution is 7.92. The molecule has 7 heteroatoms. The van der Waals surface area contributed by atoms with E-state index in [1.54, 1.807) is 0 Å². The largest absolute Gasteiger partial charge is 0.324 e. The maximum absolute atomic E-state index is 13.5. The van der Waals surface area contributed by atoms with Crippen molar-refractivity contribution in [1.82, 2.24) is 0 Å². The summed E-state index contributed by atoms with van der Waals surface area (Å²) < 4.78 is 39.0. The Kier molecular flexibility index (Phi) is 5.71. The number of sulfonamides is 1. The molecule has 0 aliphatic carbocycles. The summed E-state index contributed by atoms with van der Waals surface area (Å²) in [7, 11) is -3.79. The Morgan fingerprint density at radius 3 is 2.19 bits per heavy atom. The van der Waals surface area contributed by atoms with Crippen molar-refractivity contribution in [2.75, 3.05) is 15.9 Å². The molecular weight excluding hydrogens is 355 g/mol. The van der Waals surface area contributed by atoms with Gasteiger partial charge in [-0.25, -0.2) is 12.8 Å². The summed E-state index contributed by atoms with van der Waals surface area (Å²) in [6.45, 7) is 7.19. The fraction of sp³-hybridized carbons (Fsp3) is 0.316. The monoisotopic (exact) mass is 378 g/mol. The number of halogens is 1. The molecule has 2 rings (SSSR count). The molecule has 0 spiro atoms. The third kappa shape index (κ3) is 4.40. The van der Waals surface area contributed by atoms with Crippen LogP contribution in [0, 0.1) is 26.6 Å². The normalized spacial score (nSPS) is 12.5. The lowest BCUT2D eigenvalue weighted by Crippen LogP contribution is -2.45. The third-order valence-corrected chi connectivity index (χ3v) is 5.32. The highest BCUT2D eigenvalue weighted by Crippen LogP contribution is 2.25. The first kappa shape index (κ1) is 19.9. The van der Waals surface area contributed by atoms with Crippen molar-refractivity contribution in [3.8, 4) is 0 Å². The van der Waals surface area contributed by atoms with Crippen LogP contribution < -0.4 is 9.62 Å². The lowest BCUT2D eigenvalue weighted by Gasteiger charge is -2.28. The van der Waals surface area contributed by atoms with Gasteiger partial charge in [-0.05, 0) is 57.0 Å². The van der Waals surface area contributed by atoms with Crippen molar-refractivity contribution in [3.05, 3.63) is 58.9 Å². The first-order chi connectivity index (χ1) is 12.0. The van der Waals surface area contributed by atoms with Gasteiger partial charge in [-0.3, -0.25) is 9.10 Å². The SMILES string of the molecule is Cc1cc(C)c(NC(=O)C(C)N(c2cccc(F)c2)S(C)(=O)=O)c(C)c1. The number of rotatable bonds is 5. The third-order valence-electron chi connectivity index (χ3n) is 4.08. The van der Waals surface area contributed by atoms with Crippen molar-refractivity contribution in [3.63, 3.8) is 0 Å². The van der Waals surface area contributed by atoms with Gasteiger partial charge in [0, 0.05) is 5.69 Å². The molecule has 1 unspecified atom stereocenters. The number of hydrogen-bond acceptors (Lipinski definition) is 3. The maximum Gasteiger partial charge on any atom is 0.248 e. The second-order valence-corrected chi connectivity index (χ2v) is 8.34. The molecule has 0 radical (unpaired) electrons. The van der Waals surface area contributed by atoms with E-state index in [9.17, 15) is 17.6 Å². The Labute approximate surface area is 153 Å². The van der Waals surface area contributed by atoms with E-state index in [0.29, 0.717) is 5.69 Å². The Bertz CT molecular complexity index is 919. The van der Waals surface area contributed by atoms with Crippen molar-refractivity contribution < 1.29 is 17.6 Å². The number of carbonyl (C=O) groups is 1. The van der Waals surface area contributed by atoms with E-state index in [2.05, 4.69) is 5.32 Å². The van der Waals surface area contributed by atoms with Crippen LogP contribution in [-0.4, -0.2) is 26.6 Å². The van der Waals surface area contributed by atoms with E-state index >= 15 is 0 Å². The molecule has 0 saturated carbocycles. The molecule has 0 saturated heterocycles. The van der Waals surface area contributed by atoms with Gasteiger partial charge < -0.3 is 5.32 Å². The summed E-state index contributed by atoms with van der Waals surface area (Å²) in [4.78, 5) is 12.7. The van der Waals surface area contributed by atoms with Crippen molar-refractivity contribution >= 4 is 27.3 Å². The molecule has 0 bridgehead atoms. The lowest BCUT2D eigenvalue weighted by atomic mass is 10.0. The minimum Gasteiger partial charge on any atom is -0.324 e. The lowest BCUT2D eigenvalue weighted by molar-refractivity contribution is -0.116. The van der Waals surface area contributed by atoms with Crippen LogP contribution in [0.4, 0.5) is 15.8 Å². The molecule has 0 aliphatic heterocycles. The number of nitrogens with one attached hydrogen (secondary N) is 1. The average Bonchev–Trinajstić information content (AvgIpc) is 2.49. The molecule has 0 aromatic heterocycles. The number of anilines is 2. The summed E-state index contributed by atoms with van der Waals surface area (Å²) in [6, 6.07) is 7.99. The second kappa shape index (κ2) is 7.45. The first-order valence-electron chi connectivity index (χ1n) is 8.14. The maximum atomic E-state index is 13.5. The van der Waals surface area contributed by atoms with E-state index < -0.39 is 27.8 Å². The Hall–Kier alpha value is -2.41. The van der Waals surface area contributed by atoms with Gasteiger partial charge in [-0.15, -0.1) is 0 Å². The van der Waals surface area contributed by atoms with Crippen LogP contribution in [0.2, 0.25) is 0 Å². The number of carbonyl (C=O) groups excluding carboxylic acids is 1. The van der Waals surface area contributed by atoms with Crippen molar-refractivity contribution in [2.24, 2.45) is 0 Å². The van der Waals surface area contributed by atoms with E-state index in [0.717, 1.165) is 33.3 Å². The van der Waals surface area contributed by atoms with Crippen LogP contribution >= 0.6 is 0 Å². The van der Waals surface area contributed by atoms with Crippen LogP contribution in [0.3, 0.4) is 0 Å². The standard InChI is InChI=1S/C19H23FN2O3S/c1-12-9-13(2)18(14(3)10-12)21-19(23)15(4)22(26(5,24)25)17-8-6-7-16(20)11-17/h6-11,15H,1-5H3,(H,21,23). The van der Waals surface area contributed by atoms with E-state index in [-0.39, 0.29) is 5.69 Å². The van der Waals surface area contributed by atoms with Crippen LogP contribution in [0.25, 0.3) is 0 Å². The number of aryl methyl sites for hydroxylation is 3. The molecular formula is C19H23FN2O3S. The zero-order valence-electron chi connectivity index (χ0n) is 15.5. The topological polar surface area (TPSA) is 66.5 Å². The first-order valence-corrected chi connectivity index (χ1v) is 9.99. The molecule has 1 atom stereocenters. The molecule has 2 aromatic rings. The summed E-state index contributed by atoms with van der Waals surface area (Å²) in [5.41, 5.74) is 3.61. The summed E-state index contributed by atoms with van der Waals surface area (Å²) >= 11 is 0. The van der Waals surface area contributed by atoms with Crippen molar-refractivity contribution in [2.45, 2.75) is 33.7 Å². The molecule has 0 fully saturated rings.